The van der Waals surface area contributed by atoms with Crippen molar-refractivity contribution < 1.29 is 0 Å². The summed E-state index contributed by atoms with van der Waals surface area (Å²) < 4.78 is 1.86. The third-order valence-corrected chi connectivity index (χ3v) is 6.54. The molecule has 1 fully saturated rings. The van der Waals surface area contributed by atoms with E-state index in [0.717, 1.165) is 48.4 Å². The van der Waals surface area contributed by atoms with Crippen LogP contribution in [0.1, 0.15) is 51.0 Å². The molecule has 29 heavy (non-hydrogen) atoms. The van der Waals surface area contributed by atoms with E-state index in [9.17, 15) is 4.79 Å². The Morgan fingerprint density at radius 2 is 1.93 bits per heavy atom. The van der Waals surface area contributed by atoms with E-state index in [2.05, 4.69) is 54.5 Å². The first-order valence-corrected chi connectivity index (χ1v) is 11.4. The lowest BCUT2D eigenvalue weighted by atomic mass is 9.82. The summed E-state index contributed by atoms with van der Waals surface area (Å²) in [5.74, 6) is 1.05. The van der Waals surface area contributed by atoms with Gasteiger partial charge in [0.15, 0.2) is 0 Å². The first kappa shape index (κ1) is 19.9. The Labute approximate surface area is 176 Å². The SMILES string of the molecule is CC(C)Cn1cc(-c2cncs2)cc(N[C@H]2CC[C@@H](c3ccccc3)CC2)c1=O. The van der Waals surface area contributed by atoms with E-state index < -0.39 is 0 Å². The Bertz CT molecular complexity index is 971. The first-order valence-electron chi connectivity index (χ1n) is 10.5. The van der Waals surface area contributed by atoms with Crippen LogP contribution in [0.5, 0.6) is 0 Å². The van der Waals surface area contributed by atoms with Gasteiger partial charge in [0.05, 0.1) is 10.4 Å². The molecule has 2 heterocycles. The van der Waals surface area contributed by atoms with Crippen LogP contribution in [-0.2, 0) is 6.54 Å². The average molecular weight is 408 g/mol. The van der Waals surface area contributed by atoms with Crippen molar-refractivity contribution in [3.05, 3.63) is 70.2 Å². The van der Waals surface area contributed by atoms with Crippen LogP contribution in [0.15, 0.2) is 59.1 Å². The van der Waals surface area contributed by atoms with Crippen LogP contribution in [0.3, 0.4) is 0 Å². The molecule has 4 nitrogen and oxygen atoms in total. The summed E-state index contributed by atoms with van der Waals surface area (Å²) in [4.78, 5) is 18.4. The van der Waals surface area contributed by atoms with Crippen molar-refractivity contribution in [1.29, 1.82) is 0 Å². The zero-order chi connectivity index (χ0) is 20.2. The van der Waals surface area contributed by atoms with Gasteiger partial charge in [0.25, 0.3) is 5.56 Å². The van der Waals surface area contributed by atoms with Gasteiger partial charge in [-0.3, -0.25) is 9.78 Å². The van der Waals surface area contributed by atoms with Gasteiger partial charge in [-0.05, 0) is 49.1 Å². The number of hydrogen-bond acceptors (Lipinski definition) is 4. The Morgan fingerprint density at radius 1 is 1.17 bits per heavy atom. The van der Waals surface area contributed by atoms with Crippen LogP contribution >= 0.6 is 11.3 Å². The predicted octanol–water partition coefficient (Wildman–Crippen LogP) is 5.77. The largest absolute Gasteiger partial charge is 0.378 e. The van der Waals surface area contributed by atoms with E-state index in [4.69, 9.17) is 0 Å². The number of hydrogen-bond donors (Lipinski definition) is 1. The standard InChI is InChI=1S/C24H29N3OS/c1-17(2)14-27-15-20(23-13-25-16-29-23)12-22(24(27)28)26-21-10-8-19(9-11-21)18-6-4-3-5-7-18/h3-7,12-13,15-17,19,21,26H,8-11,14H2,1-2H3/t19-,21+. The lowest BCUT2D eigenvalue weighted by Crippen LogP contribution is -2.31. The van der Waals surface area contributed by atoms with Crippen LogP contribution in [-0.4, -0.2) is 15.6 Å². The number of anilines is 1. The summed E-state index contributed by atoms with van der Waals surface area (Å²) in [6.07, 6.45) is 8.36. The van der Waals surface area contributed by atoms with E-state index in [1.54, 1.807) is 11.3 Å². The fourth-order valence-corrected chi connectivity index (χ4v) is 4.88. The van der Waals surface area contributed by atoms with E-state index in [1.165, 1.54) is 5.56 Å². The van der Waals surface area contributed by atoms with E-state index >= 15 is 0 Å². The third-order valence-electron chi connectivity index (χ3n) is 5.72. The van der Waals surface area contributed by atoms with Gasteiger partial charge < -0.3 is 9.88 Å². The van der Waals surface area contributed by atoms with E-state index in [1.807, 2.05) is 28.5 Å². The maximum atomic E-state index is 13.1. The zero-order valence-electron chi connectivity index (χ0n) is 17.2. The maximum absolute atomic E-state index is 13.1. The number of benzene rings is 1. The van der Waals surface area contributed by atoms with Gasteiger partial charge in [-0.2, -0.15) is 0 Å². The molecule has 3 aromatic rings. The Balaban J connectivity index is 1.52. The Morgan fingerprint density at radius 3 is 2.59 bits per heavy atom. The van der Waals surface area contributed by atoms with Crippen molar-refractivity contribution >= 4 is 17.0 Å². The summed E-state index contributed by atoms with van der Waals surface area (Å²) in [6, 6.07) is 13.2. The highest BCUT2D eigenvalue weighted by Crippen LogP contribution is 2.34. The molecule has 0 unspecified atom stereocenters. The highest BCUT2D eigenvalue weighted by Gasteiger charge is 2.23. The lowest BCUT2D eigenvalue weighted by Gasteiger charge is -2.30. The average Bonchev–Trinajstić information content (AvgIpc) is 3.27. The van der Waals surface area contributed by atoms with Crippen molar-refractivity contribution in [2.45, 2.75) is 58.0 Å². The number of aromatic nitrogens is 2. The van der Waals surface area contributed by atoms with Crippen LogP contribution in [0.2, 0.25) is 0 Å². The molecule has 5 heteroatoms. The van der Waals surface area contributed by atoms with Gasteiger partial charge in [-0.1, -0.05) is 44.2 Å². The molecule has 4 rings (SSSR count). The number of thiazole rings is 1. The van der Waals surface area contributed by atoms with E-state index in [0.29, 0.717) is 17.9 Å². The van der Waals surface area contributed by atoms with Gasteiger partial charge in [0, 0.05) is 30.5 Å². The second-order valence-electron chi connectivity index (χ2n) is 8.46. The molecule has 0 bridgehead atoms. The first-order chi connectivity index (χ1) is 14.1. The van der Waals surface area contributed by atoms with Crippen LogP contribution in [0.4, 0.5) is 5.69 Å². The molecule has 2 aromatic heterocycles. The number of nitrogens with zero attached hydrogens (tertiary/aromatic N) is 2. The molecule has 0 spiro atoms. The van der Waals surface area contributed by atoms with E-state index in [-0.39, 0.29) is 5.56 Å². The quantitative estimate of drug-likeness (QED) is 0.564. The van der Waals surface area contributed by atoms with Crippen molar-refractivity contribution in [3.8, 4) is 10.4 Å². The Kier molecular flexibility index (Phi) is 6.14. The second kappa shape index (κ2) is 8.95. The molecular formula is C24H29N3OS. The third kappa shape index (κ3) is 4.78. The molecule has 1 saturated carbocycles. The molecule has 1 aromatic carbocycles. The van der Waals surface area contributed by atoms with Gasteiger partial charge in [-0.15, -0.1) is 11.3 Å². The molecule has 1 aliphatic carbocycles. The second-order valence-corrected chi connectivity index (χ2v) is 9.35. The molecule has 0 atom stereocenters. The minimum absolute atomic E-state index is 0.0807. The molecule has 0 amide bonds. The van der Waals surface area contributed by atoms with Crippen molar-refractivity contribution in [1.82, 2.24) is 9.55 Å². The number of pyridine rings is 1. The maximum Gasteiger partial charge on any atom is 0.273 e. The van der Waals surface area contributed by atoms with Crippen molar-refractivity contribution in [2.75, 3.05) is 5.32 Å². The minimum Gasteiger partial charge on any atom is -0.378 e. The normalized spacial score (nSPS) is 19.4. The molecule has 152 valence electrons. The highest BCUT2D eigenvalue weighted by atomic mass is 32.1. The Hall–Kier alpha value is -2.40. The summed E-state index contributed by atoms with van der Waals surface area (Å²) in [5.41, 5.74) is 5.15. The monoisotopic (exact) mass is 407 g/mol. The van der Waals surface area contributed by atoms with Crippen molar-refractivity contribution in [2.24, 2.45) is 5.92 Å². The molecule has 1 aliphatic rings. The number of rotatable bonds is 6. The molecular weight excluding hydrogens is 378 g/mol. The fourth-order valence-electron chi connectivity index (χ4n) is 4.28. The molecule has 0 aliphatic heterocycles. The van der Waals surface area contributed by atoms with Gasteiger partial charge in [-0.25, -0.2) is 0 Å². The summed E-state index contributed by atoms with van der Waals surface area (Å²) >= 11 is 1.61. The molecule has 1 N–H and O–H groups in total. The topological polar surface area (TPSA) is 46.9 Å². The zero-order valence-corrected chi connectivity index (χ0v) is 18.0. The lowest BCUT2D eigenvalue weighted by molar-refractivity contribution is 0.411. The highest BCUT2D eigenvalue weighted by molar-refractivity contribution is 7.13. The summed E-state index contributed by atoms with van der Waals surface area (Å²) in [5, 5.41) is 3.59. The molecule has 0 saturated heterocycles. The summed E-state index contributed by atoms with van der Waals surface area (Å²) in [7, 11) is 0. The fraction of sp³-hybridized carbons (Fsp3) is 0.417. The predicted molar refractivity (Wildman–Crippen MR) is 122 cm³/mol. The number of nitrogens with one attached hydrogen (secondary N) is 1. The minimum atomic E-state index is 0.0807. The van der Waals surface area contributed by atoms with Crippen LogP contribution in [0, 0.1) is 5.92 Å². The van der Waals surface area contributed by atoms with Gasteiger partial charge in [0.1, 0.15) is 5.69 Å². The van der Waals surface area contributed by atoms with Crippen molar-refractivity contribution in [3.63, 3.8) is 0 Å². The smallest absolute Gasteiger partial charge is 0.273 e. The summed E-state index contributed by atoms with van der Waals surface area (Å²) in [6.45, 7) is 5.01. The van der Waals surface area contributed by atoms with Gasteiger partial charge >= 0.3 is 0 Å². The van der Waals surface area contributed by atoms with Crippen LogP contribution < -0.4 is 10.9 Å². The molecule has 0 radical (unpaired) electrons. The van der Waals surface area contributed by atoms with Crippen LogP contribution in [0.25, 0.3) is 10.4 Å². The van der Waals surface area contributed by atoms with Gasteiger partial charge in [0.2, 0.25) is 0 Å².